The van der Waals surface area contributed by atoms with Gasteiger partial charge in [0.05, 0.1) is 16.7 Å². The second-order valence-electron chi connectivity index (χ2n) is 3.83. The minimum Gasteiger partial charge on any atom is -0.348 e. The highest BCUT2D eigenvalue weighted by Crippen LogP contribution is 2.16. The van der Waals surface area contributed by atoms with Gasteiger partial charge in [-0.05, 0) is 20.3 Å². The number of aromatic nitrogens is 1. The topological polar surface area (TPSA) is 42.0 Å². The van der Waals surface area contributed by atoms with Gasteiger partial charge in [0.25, 0.3) is 0 Å². The van der Waals surface area contributed by atoms with Crippen LogP contribution in [0.4, 0.5) is 0 Å². The maximum absolute atomic E-state index is 11.6. The van der Waals surface area contributed by atoms with Crippen LogP contribution in [0.25, 0.3) is 0 Å². The quantitative estimate of drug-likeness (QED) is 0.857. The van der Waals surface area contributed by atoms with E-state index in [2.05, 4.69) is 10.3 Å². The Kier molecular flexibility index (Phi) is 4.27. The summed E-state index contributed by atoms with van der Waals surface area (Å²) in [5.41, 5.74) is 0.953. The first-order chi connectivity index (χ1) is 7.04. The summed E-state index contributed by atoms with van der Waals surface area (Å²) in [6.07, 6.45) is 0.870. The lowest BCUT2D eigenvalue weighted by atomic mass is 10.1. The minimum atomic E-state index is 0.0106. The zero-order valence-corrected chi connectivity index (χ0v) is 10.5. The van der Waals surface area contributed by atoms with Crippen molar-refractivity contribution in [1.82, 2.24) is 10.3 Å². The Morgan fingerprint density at radius 2 is 2.27 bits per heavy atom. The lowest BCUT2D eigenvalue weighted by molar-refractivity contribution is -0.125. The molecule has 0 fully saturated rings. The second kappa shape index (κ2) is 5.26. The number of hydrogen-bond acceptors (Lipinski definition) is 3. The zero-order valence-electron chi connectivity index (χ0n) is 9.70. The van der Waals surface area contributed by atoms with Crippen molar-refractivity contribution >= 4 is 17.2 Å². The predicted molar refractivity (Wildman–Crippen MR) is 62.9 cm³/mol. The summed E-state index contributed by atoms with van der Waals surface area (Å²) in [4.78, 5) is 16.0. The first kappa shape index (κ1) is 12.2. The molecule has 0 aliphatic carbocycles. The van der Waals surface area contributed by atoms with Gasteiger partial charge in [0.1, 0.15) is 0 Å². The molecule has 4 heteroatoms. The van der Waals surface area contributed by atoms with Gasteiger partial charge in [-0.25, -0.2) is 4.98 Å². The number of hydrogen-bond donors (Lipinski definition) is 1. The van der Waals surface area contributed by atoms with Gasteiger partial charge in [-0.1, -0.05) is 13.8 Å². The normalized spacial score (nSPS) is 14.7. The maximum atomic E-state index is 11.6. The molecule has 0 saturated carbocycles. The molecule has 0 aliphatic heterocycles. The Morgan fingerprint density at radius 3 is 2.73 bits per heavy atom. The van der Waals surface area contributed by atoms with Crippen molar-refractivity contribution in [3.05, 3.63) is 16.1 Å². The smallest absolute Gasteiger partial charge is 0.223 e. The summed E-state index contributed by atoms with van der Waals surface area (Å²) < 4.78 is 0. The lowest BCUT2D eigenvalue weighted by Crippen LogP contribution is -2.31. The van der Waals surface area contributed by atoms with Gasteiger partial charge in [0.2, 0.25) is 5.91 Å². The average Bonchev–Trinajstić information content (AvgIpc) is 2.63. The molecule has 1 aromatic rings. The first-order valence-corrected chi connectivity index (χ1v) is 6.15. The first-order valence-electron chi connectivity index (χ1n) is 5.27. The van der Waals surface area contributed by atoms with E-state index in [1.165, 1.54) is 0 Å². The number of carbonyl (C=O) groups is 1. The Morgan fingerprint density at radius 1 is 1.60 bits per heavy atom. The van der Waals surface area contributed by atoms with Crippen LogP contribution in [-0.2, 0) is 4.79 Å². The Hall–Kier alpha value is -0.900. The molecule has 0 aromatic carbocycles. The second-order valence-corrected chi connectivity index (χ2v) is 4.89. The van der Waals surface area contributed by atoms with E-state index in [9.17, 15) is 4.79 Å². The molecular weight excluding hydrogens is 208 g/mol. The summed E-state index contributed by atoms with van der Waals surface area (Å²) in [6.45, 7) is 7.89. The fourth-order valence-corrected chi connectivity index (χ4v) is 1.90. The van der Waals surface area contributed by atoms with Crippen molar-refractivity contribution in [2.24, 2.45) is 5.92 Å². The molecule has 1 amide bonds. The molecule has 0 aliphatic rings. The molecule has 2 atom stereocenters. The number of nitrogens with zero attached hydrogens (tertiary/aromatic N) is 1. The molecule has 1 aromatic heterocycles. The third-order valence-corrected chi connectivity index (χ3v) is 3.29. The van der Waals surface area contributed by atoms with Crippen LogP contribution in [0.5, 0.6) is 0 Å². The summed E-state index contributed by atoms with van der Waals surface area (Å²) in [7, 11) is 0. The van der Waals surface area contributed by atoms with Gasteiger partial charge < -0.3 is 5.32 Å². The van der Waals surface area contributed by atoms with Crippen LogP contribution in [-0.4, -0.2) is 10.9 Å². The third-order valence-electron chi connectivity index (χ3n) is 2.50. The van der Waals surface area contributed by atoms with Crippen LogP contribution in [0.3, 0.4) is 0 Å². The number of rotatable bonds is 4. The van der Waals surface area contributed by atoms with E-state index in [0.29, 0.717) is 0 Å². The summed E-state index contributed by atoms with van der Waals surface area (Å²) in [6, 6.07) is 0.0106. The Balaban J connectivity index is 2.56. The number of nitrogens with one attached hydrogen (secondary N) is 1. The van der Waals surface area contributed by atoms with Crippen molar-refractivity contribution in [3.8, 4) is 0 Å². The average molecular weight is 226 g/mol. The van der Waals surface area contributed by atoms with Crippen molar-refractivity contribution in [2.45, 2.75) is 40.2 Å². The molecule has 15 heavy (non-hydrogen) atoms. The molecule has 0 saturated heterocycles. The van der Waals surface area contributed by atoms with E-state index in [-0.39, 0.29) is 17.9 Å². The van der Waals surface area contributed by atoms with Gasteiger partial charge in [-0.3, -0.25) is 4.79 Å². The van der Waals surface area contributed by atoms with Crippen molar-refractivity contribution in [2.75, 3.05) is 0 Å². The molecule has 84 valence electrons. The van der Waals surface area contributed by atoms with Crippen LogP contribution in [0.15, 0.2) is 5.38 Å². The summed E-state index contributed by atoms with van der Waals surface area (Å²) >= 11 is 1.61. The van der Waals surface area contributed by atoms with Gasteiger partial charge >= 0.3 is 0 Å². The van der Waals surface area contributed by atoms with Crippen LogP contribution in [0.2, 0.25) is 0 Å². The van der Waals surface area contributed by atoms with E-state index >= 15 is 0 Å². The molecule has 1 rings (SSSR count). The van der Waals surface area contributed by atoms with Gasteiger partial charge in [0, 0.05) is 11.3 Å². The highest BCUT2D eigenvalue weighted by atomic mass is 32.1. The molecule has 3 nitrogen and oxygen atoms in total. The monoisotopic (exact) mass is 226 g/mol. The lowest BCUT2D eigenvalue weighted by Gasteiger charge is -2.14. The van der Waals surface area contributed by atoms with E-state index in [0.717, 1.165) is 17.1 Å². The number of aryl methyl sites for hydroxylation is 1. The van der Waals surface area contributed by atoms with E-state index < -0.39 is 0 Å². The fraction of sp³-hybridized carbons (Fsp3) is 0.636. The van der Waals surface area contributed by atoms with Gasteiger partial charge in [-0.15, -0.1) is 11.3 Å². The maximum Gasteiger partial charge on any atom is 0.223 e. The van der Waals surface area contributed by atoms with Crippen molar-refractivity contribution < 1.29 is 4.79 Å². The zero-order chi connectivity index (χ0) is 11.4. The molecule has 0 bridgehead atoms. The molecular formula is C11H18N2OS. The summed E-state index contributed by atoms with van der Waals surface area (Å²) in [5.74, 6) is 0.183. The molecule has 0 unspecified atom stereocenters. The highest BCUT2D eigenvalue weighted by molar-refractivity contribution is 7.09. The predicted octanol–water partition coefficient (Wildman–Crippen LogP) is 2.67. The van der Waals surface area contributed by atoms with Crippen molar-refractivity contribution in [1.29, 1.82) is 0 Å². The van der Waals surface area contributed by atoms with Crippen LogP contribution < -0.4 is 5.32 Å². The van der Waals surface area contributed by atoms with E-state index in [4.69, 9.17) is 0 Å². The standard InChI is InChI=1S/C11H18N2OS/c1-5-7(2)11(14)12-8(3)10-6-15-9(4)13-10/h6-8H,5H2,1-4H3,(H,12,14)/t7-,8-/m1/s1. The Labute approximate surface area is 94.9 Å². The van der Waals surface area contributed by atoms with Crippen LogP contribution in [0.1, 0.15) is 43.9 Å². The van der Waals surface area contributed by atoms with E-state index in [1.807, 2.05) is 33.1 Å². The number of amides is 1. The van der Waals surface area contributed by atoms with Gasteiger partial charge in [0.15, 0.2) is 0 Å². The Bertz CT molecular complexity index is 335. The largest absolute Gasteiger partial charge is 0.348 e. The van der Waals surface area contributed by atoms with Crippen LogP contribution >= 0.6 is 11.3 Å². The number of thiazole rings is 1. The highest BCUT2D eigenvalue weighted by Gasteiger charge is 2.15. The molecule has 1 N–H and O–H groups in total. The fourth-order valence-electron chi connectivity index (χ4n) is 1.19. The van der Waals surface area contributed by atoms with Gasteiger partial charge in [-0.2, -0.15) is 0 Å². The SMILES string of the molecule is CC[C@@H](C)C(=O)N[C@H](C)c1csc(C)n1. The summed E-state index contributed by atoms with van der Waals surface area (Å²) in [5, 5.41) is 6.00. The molecule has 0 spiro atoms. The van der Waals surface area contributed by atoms with E-state index in [1.54, 1.807) is 11.3 Å². The molecule has 0 radical (unpaired) electrons. The molecule has 1 heterocycles. The number of carbonyl (C=O) groups excluding carboxylic acids is 1. The van der Waals surface area contributed by atoms with Crippen LogP contribution in [0, 0.1) is 12.8 Å². The van der Waals surface area contributed by atoms with Crippen molar-refractivity contribution in [3.63, 3.8) is 0 Å². The third kappa shape index (κ3) is 3.30. The minimum absolute atomic E-state index is 0.0106.